The zero-order chi connectivity index (χ0) is 11.3. The van der Waals surface area contributed by atoms with Crippen LogP contribution in [0.25, 0.3) is 0 Å². The number of hydrogen-bond acceptors (Lipinski definition) is 4. The summed E-state index contributed by atoms with van der Waals surface area (Å²) >= 11 is 0. The lowest BCUT2D eigenvalue weighted by atomic mass is 9.80. The molecular weight excluding hydrogens is 193 g/mol. The molecule has 3 N–H and O–H groups in total. The van der Waals surface area contributed by atoms with Crippen molar-refractivity contribution in [3.8, 4) is 0 Å². The Morgan fingerprint density at radius 2 is 1.80 bits per heavy atom. The number of aliphatic hydroxyl groups excluding tert-OH is 1. The number of nitrogens with zero attached hydrogens (tertiary/aromatic N) is 1. The Hall–Kier alpha value is -1.04. The molecular formula is C10H16BNO3. The molecule has 0 amide bonds. The van der Waals surface area contributed by atoms with E-state index in [4.69, 9.17) is 15.2 Å². The quantitative estimate of drug-likeness (QED) is 0.554. The minimum absolute atomic E-state index is 0.178. The van der Waals surface area contributed by atoms with E-state index in [0.717, 1.165) is 18.7 Å². The second-order valence-electron chi connectivity index (χ2n) is 3.46. The predicted molar refractivity (Wildman–Crippen MR) is 61.2 cm³/mol. The second kappa shape index (κ2) is 5.75. The van der Waals surface area contributed by atoms with Crippen LogP contribution in [0.1, 0.15) is 6.42 Å². The smallest absolute Gasteiger partial charge is 0.423 e. The van der Waals surface area contributed by atoms with Crippen LogP contribution in [0.5, 0.6) is 0 Å². The molecule has 0 aromatic heterocycles. The monoisotopic (exact) mass is 209 g/mol. The largest absolute Gasteiger partial charge is 0.488 e. The predicted octanol–water partition coefficient (Wildman–Crippen LogP) is -0.815. The van der Waals surface area contributed by atoms with Crippen molar-refractivity contribution in [1.29, 1.82) is 0 Å². The van der Waals surface area contributed by atoms with Gasteiger partial charge in [0.15, 0.2) is 0 Å². The van der Waals surface area contributed by atoms with Gasteiger partial charge in [-0.15, -0.1) is 0 Å². The highest BCUT2D eigenvalue weighted by atomic mass is 16.4. The van der Waals surface area contributed by atoms with Gasteiger partial charge in [-0.3, -0.25) is 0 Å². The molecule has 1 aromatic carbocycles. The van der Waals surface area contributed by atoms with Gasteiger partial charge in [0.05, 0.1) is 0 Å². The average Bonchev–Trinajstić information content (AvgIpc) is 2.26. The number of anilines is 1. The molecule has 4 nitrogen and oxygen atoms in total. The van der Waals surface area contributed by atoms with E-state index in [1.807, 2.05) is 24.1 Å². The summed E-state index contributed by atoms with van der Waals surface area (Å²) in [4.78, 5) is 2.00. The van der Waals surface area contributed by atoms with Gasteiger partial charge in [0.1, 0.15) is 0 Å². The third-order valence-corrected chi connectivity index (χ3v) is 2.28. The SMILES string of the molecule is CN(CCCO)c1ccc(B(O)O)cc1. The van der Waals surface area contributed by atoms with Crippen LogP contribution in [-0.2, 0) is 0 Å². The second-order valence-corrected chi connectivity index (χ2v) is 3.46. The van der Waals surface area contributed by atoms with Gasteiger partial charge in [-0.2, -0.15) is 0 Å². The van der Waals surface area contributed by atoms with Crippen molar-refractivity contribution in [2.24, 2.45) is 0 Å². The van der Waals surface area contributed by atoms with Gasteiger partial charge in [-0.25, -0.2) is 0 Å². The van der Waals surface area contributed by atoms with Crippen molar-refractivity contribution in [2.45, 2.75) is 6.42 Å². The maximum absolute atomic E-state index is 8.90. The van der Waals surface area contributed by atoms with Crippen LogP contribution < -0.4 is 10.4 Å². The fraction of sp³-hybridized carbons (Fsp3) is 0.400. The summed E-state index contributed by atoms with van der Waals surface area (Å²) in [5, 5.41) is 26.5. The number of benzene rings is 1. The summed E-state index contributed by atoms with van der Waals surface area (Å²) in [5.41, 5.74) is 1.47. The van der Waals surface area contributed by atoms with Gasteiger partial charge in [-0.1, -0.05) is 12.1 Å². The molecule has 0 heterocycles. The lowest BCUT2D eigenvalue weighted by molar-refractivity contribution is 0.290. The fourth-order valence-corrected chi connectivity index (χ4v) is 1.34. The van der Waals surface area contributed by atoms with Gasteiger partial charge in [-0.05, 0) is 24.0 Å². The third-order valence-electron chi connectivity index (χ3n) is 2.28. The summed E-state index contributed by atoms with van der Waals surface area (Å²) < 4.78 is 0. The number of rotatable bonds is 5. The normalized spacial score (nSPS) is 10.1. The molecule has 0 unspecified atom stereocenters. The Morgan fingerprint density at radius 3 is 2.27 bits per heavy atom. The summed E-state index contributed by atoms with van der Waals surface area (Å²) in [5.74, 6) is 0. The molecule has 82 valence electrons. The Morgan fingerprint density at radius 1 is 1.20 bits per heavy atom. The first-order valence-electron chi connectivity index (χ1n) is 4.93. The van der Waals surface area contributed by atoms with E-state index in [2.05, 4.69) is 0 Å². The van der Waals surface area contributed by atoms with E-state index >= 15 is 0 Å². The van der Waals surface area contributed by atoms with Crippen molar-refractivity contribution < 1.29 is 15.2 Å². The molecule has 0 aliphatic carbocycles. The van der Waals surface area contributed by atoms with Gasteiger partial charge in [0.2, 0.25) is 0 Å². The van der Waals surface area contributed by atoms with E-state index in [-0.39, 0.29) is 6.61 Å². The van der Waals surface area contributed by atoms with Crippen LogP contribution in [-0.4, -0.2) is 42.5 Å². The lowest BCUT2D eigenvalue weighted by Gasteiger charge is -2.18. The van der Waals surface area contributed by atoms with E-state index in [9.17, 15) is 0 Å². The van der Waals surface area contributed by atoms with E-state index < -0.39 is 7.12 Å². The average molecular weight is 209 g/mol. The number of hydrogen-bond donors (Lipinski definition) is 3. The van der Waals surface area contributed by atoms with Gasteiger partial charge < -0.3 is 20.1 Å². The van der Waals surface area contributed by atoms with Gasteiger partial charge in [0.25, 0.3) is 0 Å². The van der Waals surface area contributed by atoms with Crippen LogP contribution >= 0.6 is 0 Å². The van der Waals surface area contributed by atoms with Crippen LogP contribution in [0.2, 0.25) is 0 Å². The van der Waals surface area contributed by atoms with Gasteiger partial charge in [0, 0.05) is 25.9 Å². The van der Waals surface area contributed by atoms with E-state index in [1.54, 1.807) is 12.1 Å². The maximum Gasteiger partial charge on any atom is 0.488 e. The van der Waals surface area contributed by atoms with Crippen LogP contribution in [0.15, 0.2) is 24.3 Å². The lowest BCUT2D eigenvalue weighted by Crippen LogP contribution is -2.30. The molecule has 1 rings (SSSR count). The zero-order valence-electron chi connectivity index (χ0n) is 8.80. The zero-order valence-corrected chi connectivity index (χ0v) is 8.80. The molecule has 1 aromatic rings. The van der Waals surface area contributed by atoms with E-state index in [0.29, 0.717) is 5.46 Å². The molecule has 0 saturated carbocycles. The van der Waals surface area contributed by atoms with Crippen molar-refractivity contribution in [3.63, 3.8) is 0 Å². The molecule has 0 spiro atoms. The Labute approximate surface area is 89.9 Å². The number of aliphatic hydroxyl groups is 1. The molecule has 0 aliphatic rings. The summed E-state index contributed by atoms with van der Waals surface area (Å²) in [7, 11) is 0.516. The first-order chi connectivity index (χ1) is 7.15. The third kappa shape index (κ3) is 3.55. The van der Waals surface area contributed by atoms with Gasteiger partial charge >= 0.3 is 7.12 Å². The molecule has 0 radical (unpaired) electrons. The minimum Gasteiger partial charge on any atom is -0.423 e. The summed E-state index contributed by atoms with van der Waals surface area (Å²) in [6.45, 7) is 0.954. The minimum atomic E-state index is -1.42. The molecule has 15 heavy (non-hydrogen) atoms. The molecule has 0 aliphatic heterocycles. The molecule has 5 heteroatoms. The van der Waals surface area contributed by atoms with Crippen molar-refractivity contribution in [2.75, 3.05) is 25.1 Å². The highest BCUT2D eigenvalue weighted by Crippen LogP contribution is 2.10. The standard InChI is InChI=1S/C10H16BNO3/c1-12(7-2-8-13)10-5-3-9(4-6-10)11(14)15/h3-6,13-15H,2,7-8H2,1H3. The highest BCUT2D eigenvalue weighted by molar-refractivity contribution is 6.58. The van der Waals surface area contributed by atoms with Crippen molar-refractivity contribution >= 4 is 18.3 Å². The van der Waals surface area contributed by atoms with Crippen molar-refractivity contribution in [3.05, 3.63) is 24.3 Å². The van der Waals surface area contributed by atoms with Crippen LogP contribution in [0.4, 0.5) is 5.69 Å². The van der Waals surface area contributed by atoms with Crippen LogP contribution in [0, 0.1) is 0 Å². The Balaban J connectivity index is 2.62. The van der Waals surface area contributed by atoms with E-state index in [1.165, 1.54) is 0 Å². The summed E-state index contributed by atoms with van der Waals surface area (Å²) in [6, 6.07) is 7.00. The first kappa shape index (κ1) is 12.0. The molecule has 0 fully saturated rings. The fourth-order valence-electron chi connectivity index (χ4n) is 1.34. The molecule has 0 bridgehead atoms. The highest BCUT2D eigenvalue weighted by Gasteiger charge is 2.10. The Kier molecular flexibility index (Phi) is 4.61. The van der Waals surface area contributed by atoms with Crippen molar-refractivity contribution in [1.82, 2.24) is 0 Å². The maximum atomic E-state index is 8.90. The topological polar surface area (TPSA) is 63.9 Å². The Bertz CT molecular complexity index is 289. The molecule has 0 saturated heterocycles. The van der Waals surface area contributed by atoms with Crippen LogP contribution in [0.3, 0.4) is 0 Å². The molecule has 0 atom stereocenters. The first-order valence-corrected chi connectivity index (χ1v) is 4.93. The summed E-state index contributed by atoms with van der Waals surface area (Å²) in [6.07, 6.45) is 0.723.